The Kier molecular flexibility index (Phi) is 4.60. The van der Waals surface area contributed by atoms with Crippen LogP contribution in [0.3, 0.4) is 0 Å². The van der Waals surface area contributed by atoms with Gasteiger partial charge in [0, 0.05) is 27.9 Å². The van der Waals surface area contributed by atoms with Crippen molar-refractivity contribution in [3.8, 4) is 11.5 Å². The number of hydrogen-bond acceptors (Lipinski definition) is 4. The largest absolute Gasteiger partial charge is 0.493 e. The standard InChI is InChI=1S/C21H21ClN2O2/c1-25-19-10-8-14(12-20(19)26-2)23-21-15-5-3-4-6-17(15)24-18-9-7-13(22)11-16(18)21/h7-12H,3-6H2,1-2H3,(H,23,24). The first-order valence-electron chi connectivity index (χ1n) is 8.79. The van der Waals surface area contributed by atoms with E-state index in [1.807, 2.05) is 36.4 Å². The molecule has 0 atom stereocenters. The molecule has 1 aliphatic rings. The number of halogens is 1. The first-order chi connectivity index (χ1) is 12.7. The van der Waals surface area contributed by atoms with Gasteiger partial charge in [0.1, 0.15) is 0 Å². The number of rotatable bonds is 4. The lowest BCUT2D eigenvalue weighted by Crippen LogP contribution is -2.09. The molecular formula is C21H21ClN2O2. The first-order valence-corrected chi connectivity index (χ1v) is 9.17. The maximum Gasteiger partial charge on any atom is 0.162 e. The minimum Gasteiger partial charge on any atom is -0.493 e. The Morgan fingerprint density at radius 1 is 0.962 bits per heavy atom. The van der Waals surface area contributed by atoms with Crippen molar-refractivity contribution in [2.75, 3.05) is 19.5 Å². The molecule has 1 aliphatic carbocycles. The van der Waals surface area contributed by atoms with Crippen molar-refractivity contribution < 1.29 is 9.47 Å². The maximum absolute atomic E-state index is 6.27. The second kappa shape index (κ2) is 7.04. The molecule has 1 heterocycles. The lowest BCUT2D eigenvalue weighted by molar-refractivity contribution is 0.355. The van der Waals surface area contributed by atoms with Gasteiger partial charge in [0.2, 0.25) is 0 Å². The monoisotopic (exact) mass is 368 g/mol. The average Bonchev–Trinajstić information content (AvgIpc) is 2.68. The van der Waals surface area contributed by atoms with Gasteiger partial charge in [-0.25, -0.2) is 0 Å². The maximum atomic E-state index is 6.27. The van der Waals surface area contributed by atoms with Crippen LogP contribution in [0.2, 0.25) is 5.02 Å². The number of fused-ring (bicyclic) bond motifs is 2. The van der Waals surface area contributed by atoms with E-state index in [-0.39, 0.29) is 0 Å². The van der Waals surface area contributed by atoms with Crippen molar-refractivity contribution in [2.45, 2.75) is 25.7 Å². The summed E-state index contributed by atoms with van der Waals surface area (Å²) in [5, 5.41) is 5.36. The highest BCUT2D eigenvalue weighted by Crippen LogP contribution is 2.38. The van der Waals surface area contributed by atoms with Crippen LogP contribution in [-0.4, -0.2) is 19.2 Å². The Hall–Kier alpha value is -2.46. The molecule has 2 aromatic carbocycles. The quantitative estimate of drug-likeness (QED) is 0.657. The molecule has 0 saturated heterocycles. The van der Waals surface area contributed by atoms with Crippen LogP contribution in [0.1, 0.15) is 24.1 Å². The third kappa shape index (κ3) is 3.06. The van der Waals surface area contributed by atoms with Crippen LogP contribution in [0, 0.1) is 0 Å². The third-order valence-electron chi connectivity index (χ3n) is 4.88. The van der Waals surface area contributed by atoms with Gasteiger partial charge in [0.25, 0.3) is 0 Å². The lowest BCUT2D eigenvalue weighted by Gasteiger charge is -2.22. The molecule has 0 spiro atoms. The summed E-state index contributed by atoms with van der Waals surface area (Å²) in [5.41, 5.74) is 5.50. The number of pyridine rings is 1. The molecule has 0 unspecified atom stereocenters. The normalized spacial score (nSPS) is 13.3. The van der Waals surface area contributed by atoms with Crippen LogP contribution < -0.4 is 14.8 Å². The lowest BCUT2D eigenvalue weighted by atomic mass is 9.92. The van der Waals surface area contributed by atoms with E-state index in [1.54, 1.807) is 14.2 Å². The van der Waals surface area contributed by atoms with Crippen molar-refractivity contribution >= 4 is 33.9 Å². The Balaban J connectivity index is 1.86. The van der Waals surface area contributed by atoms with E-state index in [0.717, 1.165) is 35.1 Å². The molecule has 5 heteroatoms. The predicted octanol–water partition coefficient (Wildman–Crippen LogP) is 5.53. The van der Waals surface area contributed by atoms with Gasteiger partial charge in [-0.1, -0.05) is 11.6 Å². The zero-order chi connectivity index (χ0) is 18.1. The zero-order valence-corrected chi connectivity index (χ0v) is 15.7. The molecule has 0 radical (unpaired) electrons. The number of nitrogens with one attached hydrogen (secondary N) is 1. The fraction of sp³-hybridized carbons (Fsp3) is 0.286. The van der Waals surface area contributed by atoms with Crippen molar-refractivity contribution in [1.29, 1.82) is 0 Å². The zero-order valence-electron chi connectivity index (χ0n) is 14.9. The second-order valence-electron chi connectivity index (χ2n) is 6.48. The molecule has 1 aromatic heterocycles. The fourth-order valence-electron chi connectivity index (χ4n) is 3.60. The molecule has 0 amide bonds. The predicted molar refractivity (Wildman–Crippen MR) is 106 cm³/mol. The van der Waals surface area contributed by atoms with E-state index >= 15 is 0 Å². The number of aryl methyl sites for hydroxylation is 1. The van der Waals surface area contributed by atoms with Gasteiger partial charge in [-0.15, -0.1) is 0 Å². The van der Waals surface area contributed by atoms with E-state index in [9.17, 15) is 0 Å². The van der Waals surface area contributed by atoms with Crippen molar-refractivity contribution in [1.82, 2.24) is 4.98 Å². The van der Waals surface area contributed by atoms with Crippen molar-refractivity contribution in [2.24, 2.45) is 0 Å². The highest BCUT2D eigenvalue weighted by Gasteiger charge is 2.19. The summed E-state index contributed by atoms with van der Waals surface area (Å²) in [7, 11) is 3.28. The molecule has 3 aromatic rings. The Morgan fingerprint density at radius 3 is 2.58 bits per heavy atom. The summed E-state index contributed by atoms with van der Waals surface area (Å²) < 4.78 is 10.8. The van der Waals surface area contributed by atoms with Crippen molar-refractivity contribution in [3.05, 3.63) is 52.7 Å². The number of aromatic nitrogens is 1. The highest BCUT2D eigenvalue weighted by molar-refractivity contribution is 6.31. The Morgan fingerprint density at radius 2 is 1.77 bits per heavy atom. The molecule has 4 nitrogen and oxygen atoms in total. The van der Waals surface area contributed by atoms with E-state index in [2.05, 4.69) is 5.32 Å². The number of anilines is 2. The molecular weight excluding hydrogens is 348 g/mol. The van der Waals surface area contributed by atoms with Gasteiger partial charge in [0.15, 0.2) is 11.5 Å². The number of hydrogen-bond donors (Lipinski definition) is 1. The summed E-state index contributed by atoms with van der Waals surface area (Å²) in [6.45, 7) is 0. The van der Waals surface area contributed by atoms with E-state index in [1.165, 1.54) is 24.1 Å². The van der Waals surface area contributed by atoms with Gasteiger partial charge in [0.05, 0.1) is 25.4 Å². The van der Waals surface area contributed by atoms with Crippen LogP contribution in [0.25, 0.3) is 10.9 Å². The number of ether oxygens (including phenoxy) is 2. The first kappa shape index (κ1) is 17.0. The SMILES string of the molecule is COc1ccc(Nc2c3c(nc4ccc(Cl)cc24)CCCC3)cc1OC. The van der Waals surface area contributed by atoms with Gasteiger partial charge >= 0.3 is 0 Å². The summed E-state index contributed by atoms with van der Waals surface area (Å²) in [5.74, 6) is 1.41. The minimum absolute atomic E-state index is 0.697. The summed E-state index contributed by atoms with van der Waals surface area (Å²) in [4.78, 5) is 4.88. The number of benzene rings is 2. The topological polar surface area (TPSA) is 43.4 Å². The van der Waals surface area contributed by atoms with Crippen LogP contribution in [0.4, 0.5) is 11.4 Å². The minimum atomic E-state index is 0.697. The Bertz CT molecular complexity index is 972. The summed E-state index contributed by atoms with van der Waals surface area (Å²) in [6, 6.07) is 11.7. The molecule has 0 saturated carbocycles. The van der Waals surface area contributed by atoms with Crippen LogP contribution in [-0.2, 0) is 12.8 Å². The average molecular weight is 369 g/mol. The van der Waals surface area contributed by atoms with Crippen LogP contribution in [0.15, 0.2) is 36.4 Å². The molecule has 0 aliphatic heterocycles. The van der Waals surface area contributed by atoms with Gasteiger partial charge in [-0.3, -0.25) is 4.98 Å². The number of methoxy groups -OCH3 is 2. The van der Waals surface area contributed by atoms with E-state index in [0.29, 0.717) is 16.5 Å². The second-order valence-corrected chi connectivity index (χ2v) is 6.91. The van der Waals surface area contributed by atoms with Crippen LogP contribution >= 0.6 is 11.6 Å². The molecule has 1 N–H and O–H groups in total. The molecule has 0 fully saturated rings. The van der Waals surface area contributed by atoms with E-state index in [4.69, 9.17) is 26.1 Å². The van der Waals surface area contributed by atoms with Crippen LogP contribution in [0.5, 0.6) is 11.5 Å². The fourth-order valence-corrected chi connectivity index (χ4v) is 3.77. The van der Waals surface area contributed by atoms with Gasteiger partial charge < -0.3 is 14.8 Å². The molecule has 0 bridgehead atoms. The highest BCUT2D eigenvalue weighted by atomic mass is 35.5. The third-order valence-corrected chi connectivity index (χ3v) is 5.11. The smallest absolute Gasteiger partial charge is 0.162 e. The summed E-state index contributed by atoms with van der Waals surface area (Å²) >= 11 is 6.27. The molecule has 26 heavy (non-hydrogen) atoms. The van der Waals surface area contributed by atoms with Gasteiger partial charge in [-0.05, 0) is 61.6 Å². The van der Waals surface area contributed by atoms with Crippen molar-refractivity contribution in [3.63, 3.8) is 0 Å². The molecule has 4 rings (SSSR count). The van der Waals surface area contributed by atoms with Gasteiger partial charge in [-0.2, -0.15) is 0 Å². The van der Waals surface area contributed by atoms with E-state index < -0.39 is 0 Å². The summed E-state index contributed by atoms with van der Waals surface area (Å²) in [6.07, 6.45) is 4.42. The number of nitrogens with zero attached hydrogens (tertiary/aromatic N) is 1. The Labute approximate surface area is 158 Å². The molecule has 134 valence electrons.